The van der Waals surface area contributed by atoms with Crippen LogP contribution < -0.4 is 4.90 Å². The number of carbonyl (C=O) groups excluding carboxylic acids is 2. The zero-order valence-corrected chi connectivity index (χ0v) is 16.6. The van der Waals surface area contributed by atoms with Gasteiger partial charge in [-0.1, -0.05) is 23.2 Å². The molecule has 4 nitrogen and oxygen atoms in total. The number of hydrogen-bond acceptors (Lipinski definition) is 3. The Kier molecular flexibility index (Phi) is 4.72. The quantitative estimate of drug-likeness (QED) is 0.597. The van der Waals surface area contributed by atoms with Crippen molar-refractivity contribution in [1.29, 1.82) is 0 Å². The molecule has 1 saturated heterocycles. The van der Waals surface area contributed by atoms with Crippen molar-refractivity contribution in [1.82, 2.24) is 4.90 Å². The Morgan fingerprint density at radius 1 is 1.40 bits per heavy atom. The number of likely N-dealkylation sites (N-methyl/N-ethyl adjacent to an activating group) is 1. The zero-order valence-electron chi connectivity index (χ0n) is 13.5. The molecule has 0 bridgehead atoms. The molecular formula is C16H16Cl3FN2O2S. The first-order valence-electron chi connectivity index (χ1n) is 7.59. The Balaban J connectivity index is 1.83. The molecule has 1 aliphatic carbocycles. The normalized spacial score (nSPS) is 30.5. The van der Waals surface area contributed by atoms with Crippen LogP contribution >= 0.6 is 47.4 Å². The van der Waals surface area contributed by atoms with Crippen molar-refractivity contribution in [3.8, 4) is 0 Å². The maximum Gasteiger partial charge on any atom is 0.251 e. The average molecular weight is 426 g/mol. The van der Waals surface area contributed by atoms with Crippen LogP contribution in [0.25, 0.3) is 0 Å². The number of nitrogens with zero attached hydrogens (tertiary/aromatic N) is 2. The molecule has 0 radical (unpaired) electrons. The molecule has 0 N–H and O–H groups in total. The molecule has 1 aromatic rings. The number of aryl methyl sites for hydroxylation is 1. The van der Waals surface area contributed by atoms with E-state index in [1.54, 1.807) is 13.0 Å². The molecule has 1 saturated carbocycles. The van der Waals surface area contributed by atoms with Crippen LogP contribution in [0, 0.1) is 12.7 Å². The minimum Gasteiger partial charge on any atom is -0.331 e. The number of halogens is 4. The van der Waals surface area contributed by atoms with E-state index in [-0.39, 0.29) is 24.7 Å². The van der Waals surface area contributed by atoms with Crippen LogP contribution in [0.3, 0.4) is 0 Å². The van der Waals surface area contributed by atoms with Crippen molar-refractivity contribution < 1.29 is 14.0 Å². The van der Waals surface area contributed by atoms with E-state index in [2.05, 4.69) is 12.6 Å². The number of alkyl halides is 3. The van der Waals surface area contributed by atoms with Gasteiger partial charge < -0.3 is 9.80 Å². The van der Waals surface area contributed by atoms with Gasteiger partial charge in [0, 0.05) is 31.0 Å². The first-order valence-corrected chi connectivity index (χ1v) is 9.24. The van der Waals surface area contributed by atoms with Crippen LogP contribution in [0.2, 0.25) is 0 Å². The zero-order chi connectivity index (χ0) is 18.7. The highest BCUT2D eigenvalue weighted by Crippen LogP contribution is 2.62. The summed E-state index contributed by atoms with van der Waals surface area (Å²) >= 11 is 22.6. The second-order valence-corrected chi connectivity index (χ2v) is 9.29. The molecule has 0 aromatic heterocycles. The lowest BCUT2D eigenvalue weighted by Gasteiger charge is -2.28. The summed E-state index contributed by atoms with van der Waals surface area (Å²) in [5.74, 6) is -1.16. The van der Waals surface area contributed by atoms with Gasteiger partial charge in [0.15, 0.2) is 4.87 Å². The Morgan fingerprint density at radius 2 is 2.00 bits per heavy atom. The van der Waals surface area contributed by atoms with Crippen LogP contribution in [0.5, 0.6) is 0 Å². The maximum absolute atomic E-state index is 13.5. The van der Waals surface area contributed by atoms with E-state index < -0.39 is 26.4 Å². The molecule has 9 heteroatoms. The van der Waals surface area contributed by atoms with Gasteiger partial charge in [0.05, 0.1) is 0 Å². The fraction of sp³-hybridized carbons (Fsp3) is 0.500. The topological polar surface area (TPSA) is 40.6 Å². The third-order valence-electron chi connectivity index (χ3n) is 4.70. The highest BCUT2D eigenvalue weighted by Gasteiger charge is 2.72. The SMILES string of the molecule is Cc1cc(N2CC(S)C(N(C)C(=O)C3(Cl)CC3(Cl)Cl)C2=O)ccc1F. The molecule has 1 heterocycles. The third-order valence-corrected chi connectivity index (χ3v) is 6.87. The fourth-order valence-corrected chi connectivity index (χ4v) is 4.58. The maximum atomic E-state index is 13.5. The molecule has 1 aliphatic heterocycles. The van der Waals surface area contributed by atoms with Crippen LogP contribution in [-0.4, -0.2) is 50.8 Å². The number of thiol groups is 1. The van der Waals surface area contributed by atoms with Crippen molar-refractivity contribution in [2.45, 2.75) is 33.8 Å². The van der Waals surface area contributed by atoms with E-state index in [9.17, 15) is 14.0 Å². The van der Waals surface area contributed by atoms with E-state index in [4.69, 9.17) is 34.8 Å². The summed E-state index contributed by atoms with van der Waals surface area (Å²) in [6.07, 6.45) is 0.118. The number of benzene rings is 1. The molecule has 2 fully saturated rings. The molecular weight excluding hydrogens is 410 g/mol. The lowest BCUT2D eigenvalue weighted by atomic mass is 10.2. The van der Waals surface area contributed by atoms with E-state index in [1.807, 2.05) is 0 Å². The highest BCUT2D eigenvalue weighted by atomic mass is 35.5. The van der Waals surface area contributed by atoms with Crippen molar-refractivity contribution in [2.24, 2.45) is 0 Å². The lowest BCUT2D eigenvalue weighted by Crippen LogP contribution is -2.50. The van der Waals surface area contributed by atoms with Crippen LogP contribution in [0.1, 0.15) is 12.0 Å². The molecule has 2 aliphatic rings. The summed E-state index contributed by atoms with van der Waals surface area (Å²) in [7, 11) is 1.49. The molecule has 3 rings (SSSR count). The Hall–Kier alpha value is -0.690. The molecule has 2 amide bonds. The standard InChI is InChI=1S/C16H16Cl3FN2O2S/c1-8-5-9(3-4-10(8)20)22-6-11(25)12(13(22)23)21(2)14(24)15(17)7-16(15,18)19/h3-5,11-12,25H,6-7H2,1-2H3. The number of amides is 2. The highest BCUT2D eigenvalue weighted by molar-refractivity contribution is 7.81. The van der Waals surface area contributed by atoms with Crippen LogP contribution in [0.15, 0.2) is 18.2 Å². The monoisotopic (exact) mass is 424 g/mol. The van der Waals surface area contributed by atoms with Crippen molar-refractivity contribution in [2.75, 3.05) is 18.5 Å². The number of carbonyl (C=O) groups is 2. The second kappa shape index (κ2) is 6.19. The Morgan fingerprint density at radius 3 is 2.52 bits per heavy atom. The van der Waals surface area contributed by atoms with Gasteiger partial charge in [-0.2, -0.15) is 12.6 Å². The van der Waals surface area contributed by atoms with Crippen LogP contribution in [0.4, 0.5) is 10.1 Å². The van der Waals surface area contributed by atoms with Crippen molar-refractivity contribution >= 4 is 64.9 Å². The number of hydrogen-bond donors (Lipinski definition) is 1. The molecule has 3 atom stereocenters. The van der Waals surface area contributed by atoms with E-state index in [1.165, 1.54) is 29.0 Å². The van der Waals surface area contributed by atoms with Gasteiger partial charge in [0.25, 0.3) is 5.91 Å². The summed E-state index contributed by atoms with van der Waals surface area (Å²) in [4.78, 5) is 26.8. The van der Waals surface area contributed by atoms with E-state index >= 15 is 0 Å². The molecule has 1 aromatic carbocycles. The van der Waals surface area contributed by atoms with Gasteiger partial charge in [0.1, 0.15) is 16.2 Å². The Bertz CT molecular complexity index is 763. The largest absolute Gasteiger partial charge is 0.331 e. The van der Waals surface area contributed by atoms with Crippen LogP contribution in [-0.2, 0) is 9.59 Å². The summed E-state index contributed by atoms with van der Waals surface area (Å²) in [5.41, 5.74) is 0.989. The van der Waals surface area contributed by atoms with E-state index in [0.717, 1.165) is 0 Å². The predicted molar refractivity (Wildman–Crippen MR) is 100 cm³/mol. The lowest BCUT2D eigenvalue weighted by molar-refractivity contribution is -0.136. The average Bonchev–Trinajstić information content (AvgIpc) is 2.90. The smallest absolute Gasteiger partial charge is 0.251 e. The summed E-state index contributed by atoms with van der Waals surface area (Å²) in [6, 6.07) is 3.62. The molecule has 3 unspecified atom stereocenters. The molecule has 25 heavy (non-hydrogen) atoms. The summed E-state index contributed by atoms with van der Waals surface area (Å²) in [6.45, 7) is 1.91. The minimum absolute atomic E-state index is 0.118. The summed E-state index contributed by atoms with van der Waals surface area (Å²) in [5, 5.41) is -0.425. The van der Waals surface area contributed by atoms with Gasteiger partial charge in [0.2, 0.25) is 5.91 Å². The summed E-state index contributed by atoms with van der Waals surface area (Å²) < 4.78 is 12.1. The Labute approximate surface area is 165 Å². The first-order chi connectivity index (χ1) is 11.5. The van der Waals surface area contributed by atoms with Gasteiger partial charge in [-0.3, -0.25) is 9.59 Å². The van der Waals surface area contributed by atoms with Gasteiger partial charge in [-0.25, -0.2) is 4.39 Å². The number of rotatable bonds is 3. The molecule has 0 spiro atoms. The van der Waals surface area contributed by atoms with E-state index in [0.29, 0.717) is 11.3 Å². The van der Waals surface area contributed by atoms with Gasteiger partial charge >= 0.3 is 0 Å². The predicted octanol–water partition coefficient (Wildman–Crippen LogP) is 3.16. The molecule has 136 valence electrons. The minimum atomic E-state index is -1.42. The second-order valence-electron chi connectivity index (χ2n) is 6.49. The van der Waals surface area contributed by atoms with Gasteiger partial charge in [-0.05, 0) is 30.7 Å². The first kappa shape index (κ1) is 19.1. The van der Waals surface area contributed by atoms with Crippen molar-refractivity contribution in [3.05, 3.63) is 29.6 Å². The fourth-order valence-electron chi connectivity index (χ4n) is 3.05. The van der Waals surface area contributed by atoms with Crippen molar-refractivity contribution in [3.63, 3.8) is 0 Å². The third kappa shape index (κ3) is 3.01. The number of anilines is 1. The van der Waals surface area contributed by atoms with Gasteiger partial charge in [-0.15, -0.1) is 11.6 Å².